The normalized spacial score (nSPS) is 14.1. The number of rotatable bonds is 1. The Hall–Kier alpha value is -4.42. The van der Waals surface area contributed by atoms with Gasteiger partial charge in [-0.25, -0.2) is 0 Å². The van der Waals surface area contributed by atoms with E-state index < -0.39 is 0 Å². The molecule has 0 N–H and O–H groups in total. The standard InChI is InChI=1S/C14H16.2C11H12.C8H10.C3H6.2C2H6/c1-11-3-7-13(8-4-11)14-9-5-12(2)6-10-14;2*1-9-5-4-7-10-6-2-3-8-11(9)10;1-7-4-3-5-8(2)6-7;1-3-2;2*1-2/h3-9,14H,10H2,1-2H3;3-5,7-8H,2,6H2,1H3;2-3,5-6,8H,4,7H2,1H3;3-6H,1-2H3;3H,1H2,2H3;2*1-2H3. The molecule has 51 heavy (non-hydrogen) atoms. The summed E-state index contributed by atoms with van der Waals surface area (Å²) in [6.07, 6.45) is 21.4. The lowest BCUT2D eigenvalue weighted by Gasteiger charge is -2.15. The Labute approximate surface area is 314 Å². The first-order valence-electron chi connectivity index (χ1n) is 19.2. The fourth-order valence-corrected chi connectivity index (χ4v) is 5.91. The molecule has 0 radical (unpaired) electrons. The summed E-state index contributed by atoms with van der Waals surface area (Å²) in [6.45, 7) is 26.1. The van der Waals surface area contributed by atoms with Crippen LogP contribution in [-0.2, 0) is 12.8 Å². The maximum Gasteiger partial charge on any atom is 0.00559 e. The molecule has 0 saturated carbocycles. The Morgan fingerprint density at radius 2 is 1.20 bits per heavy atom. The van der Waals surface area contributed by atoms with Crippen LogP contribution < -0.4 is 0 Å². The highest BCUT2D eigenvalue weighted by molar-refractivity contribution is 5.68. The second-order valence-corrected chi connectivity index (χ2v) is 12.8. The molecule has 4 aromatic rings. The molecule has 0 fully saturated rings. The zero-order chi connectivity index (χ0) is 38.0. The largest absolute Gasteiger partial charge is 0.103 e. The van der Waals surface area contributed by atoms with Gasteiger partial charge in [-0.1, -0.05) is 183 Å². The molecule has 0 saturated heterocycles. The molecule has 0 spiro atoms. The second kappa shape index (κ2) is 26.4. The van der Waals surface area contributed by atoms with E-state index in [4.69, 9.17) is 0 Å². The monoisotopic (exact) mass is 681 g/mol. The van der Waals surface area contributed by atoms with Crippen LogP contribution in [0.25, 0.3) is 11.6 Å². The fraction of sp³-hybridized carbons (Fsp3) is 0.333. The molecule has 0 aromatic heterocycles. The molecule has 0 heterocycles. The molecule has 0 bridgehead atoms. The first-order chi connectivity index (χ1) is 24.7. The highest BCUT2D eigenvalue weighted by atomic mass is 14.1. The molecule has 3 aliphatic carbocycles. The SMILES string of the molecule is C=CC.CC.CC.CC1=CCC(c2ccc(C)cc2)C=C1.CC1=CCCc2ccccc21.Cc1cccc(C)c1.Cc1cccc2c1C=CCC2. The third-order valence-electron chi connectivity index (χ3n) is 8.55. The average molecular weight is 681 g/mol. The summed E-state index contributed by atoms with van der Waals surface area (Å²) in [5, 5.41) is 0. The van der Waals surface area contributed by atoms with Crippen LogP contribution in [-0.4, -0.2) is 0 Å². The topological polar surface area (TPSA) is 0 Å². The lowest BCUT2D eigenvalue weighted by molar-refractivity contribution is 0.844. The van der Waals surface area contributed by atoms with Crippen molar-refractivity contribution in [2.45, 2.75) is 114 Å². The van der Waals surface area contributed by atoms with Gasteiger partial charge in [0.15, 0.2) is 0 Å². The van der Waals surface area contributed by atoms with E-state index in [-0.39, 0.29) is 0 Å². The maximum absolute atomic E-state index is 3.36. The minimum atomic E-state index is 0.583. The zero-order valence-electron chi connectivity index (χ0n) is 34.0. The Balaban J connectivity index is 0.000000325. The van der Waals surface area contributed by atoms with E-state index in [0.717, 1.165) is 6.42 Å². The first-order valence-corrected chi connectivity index (χ1v) is 19.2. The van der Waals surface area contributed by atoms with E-state index in [1.807, 2.05) is 34.6 Å². The van der Waals surface area contributed by atoms with Gasteiger partial charge in [0, 0.05) is 5.92 Å². The van der Waals surface area contributed by atoms with Crippen LogP contribution in [0.2, 0.25) is 0 Å². The molecule has 272 valence electrons. The first kappa shape index (κ1) is 44.6. The van der Waals surface area contributed by atoms with Gasteiger partial charge in [-0.15, -0.1) is 6.58 Å². The average Bonchev–Trinajstić information content (AvgIpc) is 3.16. The van der Waals surface area contributed by atoms with Crippen molar-refractivity contribution in [3.05, 3.63) is 190 Å². The Bertz CT molecular complexity index is 1650. The lowest BCUT2D eigenvalue weighted by atomic mass is 9.90. The molecule has 1 atom stereocenters. The summed E-state index contributed by atoms with van der Waals surface area (Å²) in [6, 6.07) is 32.5. The van der Waals surface area contributed by atoms with Crippen molar-refractivity contribution >= 4 is 11.6 Å². The third-order valence-corrected chi connectivity index (χ3v) is 8.55. The summed E-state index contributed by atoms with van der Waals surface area (Å²) in [5.41, 5.74) is 15.6. The third kappa shape index (κ3) is 16.9. The van der Waals surface area contributed by atoms with E-state index in [9.17, 15) is 0 Å². The molecular formula is C51H68. The molecule has 0 aliphatic heterocycles. The van der Waals surface area contributed by atoms with E-state index in [1.165, 1.54) is 86.9 Å². The summed E-state index contributed by atoms with van der Waals surface area (Å²) >= 11 is 0. The predicted octanol–water partition coefficient (Wildman–Crippen LogP) is 15.5. The summed E-state index contributed by atoms with van der Waals surface area (Å²) in [7, 11) is 0. The number of hydrogen-bond donors (Lipinski definition) is 0. The van der Waals surface area contributed by atoms with Gasteiger partial charge >= 0.3 is 0 Å². The van der Waals surface area contributed by atoms with E-state index in [0.29, 0.717) is 5.92 Å². The number of allylic oxidation sites excluding steroid dienone is 8. The van der Waals surface area contributed by atoms with Gasteiger partial charge in [0.1, 0.15) is 0 Å². The van der Waals surface area contributed by atoms with E-state index >= 15 is 0 Å². The van der Waals surface area contributed by atoms with Crippen molar-refractivity contribution in [2.75, 3.05) is 0 Å². The molecule has 0 nitrogen and oxygen atoms in total. The summed E-state index contributed by atoms with van der Waals surface area (Å²) in [4.78, 5) is 0. The minimum absolute atomic E-state index is 0.583. The van der Waals surface area contributed by atoms with Crippen LogP contribution in [0.3, 0.4) is 0 Å². The number of aryl methyl sites for hydroxylation is 6. The number of hydrogen-bond acceptors (Lipinski definition) is 0. The molecule has 0 amide bonds. The van der Waals surface area contributed by atoms with Crippen LogP contribution in [0.5, 0.6) is 0 Å². The molecule has 7 rings (SSSR count). The van der Waals surface area contributed by atoms with Crippen molar-refractivity contribution in [1.82, 2.24) is 0 Å². The van der Waals surface area contributed by atoms with Crippen molar-refractivity contribution < 1.29 is 0 Å². The van der Waals surface area contributed by atoms with Crippen LogP contribution in [0.1, 0.15) is 124 Å². The van der Waals surface area contributed by atoms with Crippen LogP contribution >= 0.6 is 0 Å². The van der Waals surface area contributed by atoms with Crippen LogP contribution in [0.15, 0.2) is 140 Å². The van der Waals surface area contributed by atoms with Gasteiger partial charge in [0.25, 0.3) is 0 Å². The quantitative estimate of drug-likeness (QED) is 0.176. The van der Waals surface area contributed by atoms with Crippen molar-refractivity contribution in [3.63, 3.8) is 0 Å². The molecular weight excluding hydrogens is 613 g/mol. The van der Waals surface area contributed by atoms with Gasteiger partial charge in [-0.3, -0.25) is 0 Å². The van der Waals surface area contributed by atoms with Crippen LogP contribution in [0, 0.1) is 27.7 Å². The van der Waals surface area contributed by atoms with Gasteiger partial charge in [0.05, 0.1) is 0 Å². The molecule has 0 heteroatoms. The summed E-state index contributed by atoms with van der Waals surface area (Å²) in [5.74, 6) is 0.583. The zero-order valence-corrected chi connectivity index (χ0v) is 34.0. The molecule has 4 aromatic carbocycles. The van der Waals surface area contributed by atoms with Gasteiger partial charge in [0.2, 0.25) is 0 Å². The second-order valence-electron chi connectivity index (χ2n) is 12.8. The van der Waals surface area contributed by atoms with Gasteiger partial charge in [-0.2, -0.15) is 0 Å². The Kier molecular flexibility index (Phi) is 23.1. The van der Waals surface area contributed by atoms with Crippen molar-refractivity contribution in [3.8, 4) is 0 Å². The van der Waals surface area contributed by atoms with Crippen molar-refractivity contribution in [1.29, 1.82) is 0 Å². The Morgan fingerprint density at radius 3 is 1.75 bits per heavy atom. The summed E-state index contributed by atoms with van der Waals surface area (Å²) < 4.78 is 0. The van der Waals surface area contributed by atoms with Crippen LogP contribution in [0.4, 0.5) is 0 Å². The smallest absolute Gasteiger partial charge is 0.00559 e. The highest BCUT2D eigenvalue weighted by Gasteiger charge is 2.09. The van der Waals surface area contributed by atoms with Gasteiger partial charge < -0.3 is 0 Å². The molecule has 3 aliphatic rings. The molecule has 1 unspecified atom stereocenters. The Morgan fingerprint density at radius 1 is 0.608 bits per heavy atom. The number of fused-ring (bicyclic) bond motifs is 2. The minimum Gasteiger partial charge on any atom is -0.103 e. The van der Waals surface area contributed by atoms with E-state index in [1.54, 1.807) is 6.08 Å². The van der Waals surface area contributed by atoms with Crippen molar-refractivity contribution in [2.24, 2.45) is 0 Å². The predicted molar refractivity (Wildman–Crippen MR) is 233 cm³/mol. The van der Waals surface area contributed by atoms with E-state index in [2.05, 4.69) is 176 Å². The fourth-order valence-electron chi connectivity index (χ4n) is 5.91. The van der Waals surface area contributed by atoms with Gasteiger partial charge in [-0.05, 0) is 120 Å². The number of benzene rings is 4. The lowest BCUT2D eigenvalue weighted by Crippen LogP contribution is -1.97. The highest BCUT2D eigenvalue weighted by Crippen LogP contribution is 2.27. The maximum atomic E-state index is 3.36.